The van der Waals surface area contributed by atoms with Crippen molar-refractivity contribution >= 4 is 43.1 Å². The van der Waals surface area contributed by atoms with E-state index in [2.05, 4.69) is 20.4 Å². The number of rotatable bonds is 7. The van der Waals surface area contributed by atoms with Crippen molar-refractivity contribution in [2.75, 3.05) is 18.5 Å². The highest BCUT2D eigenvalue weighted by molar-refractivity contribution is 7.92. The third-order valence-electron chi connectivity index (χ3n) is 5.96. The van der Waals surface area contributed by atoms with E-state index in [0.29, 0.717) is 43.4 Å². The second kappa shape index (κ2) is 8.49. The van der Waals surface area contributed by atoms with Crippen LogP contribution in [-0.4, -0.2) is 52.5 Å². The van der Waals surface area contributed by atoms with Gasteiger partial charge in [0.15, 0.2) is 20.1 Å². The zero-order chi connectivity index (χ0) is 22.3. The van der Waals surface area contributed by atoms with Gasteiger partial charge in [-0.1, -0.05) is 11.3 Å². The van der Waals surface area contributed by atoms with Gasteiger partial charge in [0.2, 0.25) is 0 Å². The summed E-state index contributed by atoms with van der Waals surface area (Å²) in [5.74, 6) is -0.149. The SMILES string of the molecule is O=C(Nc1ncc(F)s1)C(CC1CCOCC1)n1ncc2c(S(=O)(=O)C3CC3)cncc21. The number of aromatic nitrogens is 4. The Kier molecular flexibility index (Phi) is 5.68. The van der Waals surface area contributed by atoms with Gasteiger partial charge in [0, 0.05) is 24.8 Å². The maximum absolute atomic E-state index is 13.4. The Morgan fingerprint density at radius 3 is 2.69 bits per heavy atom. The van der Waals surface area contributed by atoms with Gasteiger partial charge in [-0.3, -0.25) is 14.5 Å². The number of nitrogens with one attached hydrogen (secondary N) is 1. The predicted molar refractivity (Wildman–Crippen MR) is 116 cm³/mol. The molecular weight excluding hydrogens is 457 g/mol. The van der Waals surface area contributed by atoms with Crippen LogP contribution in [0.2, 0.25) is 0 Å². The summed E-state index contributed by atoms with van der Waals surface area (Å²) in [5.41, 5.74) is 0.476. The molecule has 0 aromatic carbocycles. The lowest BCUT2D eigenvalue weighted by molar-refractivity contribution is -0.120. The van der Waals surface area contributed by atoms with Gasteiger partial charge in [-0.05, 0) is 38.0 Å². The van der Waals surface area contributed by atoms with Crippen molar-refractivity contribution < 1.29 is 22.3 Å². The van der Waals surface area contributed by atoms with Crippen molar-refractivity contribution in [1.82, 2.24) is 19.7 Å². The molecule has 1 amide bonds. The van der Waals surface area contributed by atoms with Gasteiger partial charge in [0.25, 0.3) is 5.91 Å². The van der Waals surface area contributed by atoms with Crippen molar-refractivity contribution in [2.24, 2.45) is 5.92 Å². The lowest BCUT2D eigenvalue weighted by Gasteiger charge is -2.26. The van der Waals surface area contributed by atoms with Crippen LogP contribution in [0.3, 0.4) is 0 Å². The summed E-state index contributed by atoms with van der Waals surface area (Å²) in [7, 11) is -3.48. The first-order valence-corrected chi connectivity index (χ1v) is 12.8. The molecule has 170 valence electrons. The molecule has 1 saturated carbocycles. The highest BCUT2D eigenvalue weighted by Crippen LogP contribution is 2.37. The molecule has 1 atom stereocenters. The molecule has 2 fully saturated rings. The Morgan fingerprint density at radius 1 is 1.22 bits per heavy atom. The summed E-state index contributed by atoms with van der Waals surface area (Å²) in [6.07, 6.45) is 8.82. The summed E-state index contributed by atoms with van der Waals surface area (Å²) in [6, 6.07) is -0.733. The first-order valence-electron chi connectivity index (χ1n) is 10.5. The van der Waals surface area contributed by atoms with Gasteiger partial charge in [0.1, 0.15) is 6.04 Å². The zero-order valence-electron chi connectivity index (χ0n) is 17.1. The number of thiazole rings is 1. The number of carbonyl (C=O) groups is 1. The first kappa shape index (κ1) is 21.4. The van der Waals surface area contributed by atoms with Crippen LogP contribution in [0, 0.1) is 11.0 Å². The molecule has 3 aromatic rings. The number of fused-ring (bicyclic) bond motifs is 1. The molecule has 1 N–H and O–H groups in total. The molecule has 0 radical (unpaired) electrons. The van der Waals surface area contributed by atoms with E-state index in [4.69, 9.17) is 4.74 Å². The number of sulfone groups is 1. The van der Waals surface area contributed by atoms with Crippen LogP contribution < -0.4 is 5.32 Å². The lowest BCUT2D eigenvalue weighted by atomic mass is 9.92. The topological polar surface area (TPSA) is 116 Å². The maximum atomic E-state index is 13.4. The van der Waals surface area contributed by atoms with E-state index in [0.717, 1.165) is 30.4 Å². The van der Waals surface area contributed by atoms with Crippen LogP contribution >= 0.6 is 11.3 Å². The number of amides is 1. The molecule has 4 heterocycles. The van der Waals surface area contributed by atoms with Crippen LogP contribution in [-0.2, 0) is 19.4 Å². The number of carbonyl (C=O) groups excluding carboxylic acids is 1. The van der Waals surface area contributed by atoms with E-state index < -0.39 is 21.0 Å². The smallest absolute Gasteiger partial charge is 0.251 e. The summed E-state index contributed by atoms with van der Waals surface area (Å²) in [4.78, 5) is 21.4. The molecule has 9 nitrogen and oxygen atoms in total. The van der Waals surface area contributed by atoms with Crippen molar-refractivity contribution in [3.05, 3.63) is 29.9 Å². The molecule has 3 aromatic heterocycles. The van der Waals surface area contributed by atoms with Crippen molar-refractivity contribution in [2.45, 2.75) is 48.3 Å². The van der Waals surface area contributed by atoms with Gasteiger partial charge in [-0.15, -0.1) is 0 Å². The van der Waals surface area contributed by atoms with E-state index in [9.17, 15) is 17.6 Å². The highest BCUT2D eigenvalue weighted by Gasteiger charge is 2.39. The van der Waals surface area contributed by atoms with Crippen molar-refractivity contribution in [3.63, 3.8) is 0 Å². The highest BCUT2D eigenvalue weighted by atomic mass is 32.2. The van der Waals surface area contributed by atoms with E-state index in [1.54, 1.807) is 0 Å². The summed E-state index contributed by atoms with van der Waals surface area (Å²) in [5, 5.41) is 6.84. The summed E-state index contributed by atoms with van der Waals surface area (Å²) < 4.78 is 46.1. The van der Waals surface area contributed by atoms with Gasteiger partial charge in [0.05, 0.1) is 34.3 Å². The van der Waals surface area contributed by atoms with Crippen LogP contribution in [0.25, 0.3) is 10.9 Å². The number of anilines is 1. The number of pyridine rings is 1. The molecule has 5 rings (SSSR count). The molecule has 1 saturated heterocycles. The molecule has 1 unspecified atom stereocenters. The fraction of sp³-hybridized carbons (Fsp3) is 0.500. The maximum Gasteiger partial charge on any atom is 0.251 e. The Morgan fingerprint density at radius 2 is 2.00 bits per heavy atom. The Hall–Kier alpha value is -2.44. The lowest BCUT2D eigenvalue weighted by Crippen LogP contribution is -2.30. The third kappa shape index (κ3) is 4.14. The minimum Gasteiger partial charge on any atom is -0.381 e. The second-order valence-corrected chi connectivity index (χ2v) is 11.3. The molecule has 2 aliphatic rings. The largest absolute Gasteiger partial charge is 0.381 e. The number of halogens is 1. The van der Waals surface area contributed by atoms with Gasteiger partial charge < -0.3 is 10.1 Å². The normalized spacial score (nSPS) is 18.7. The molecule has 0 bridgehead atoms. The number of ether oxygens (including phenoxy) is 1. The van der Waals surface area contributed by atoms with Crippen LogP contribution in [0.5, 0.6) is 0 Å². The van der Waals surface area contributed by atoms with Gasteiger partial charge in [-0.2, -0.15) is 9.49 Å². The average Bonchev–Trinajstić information content (AvgIpc) is 3.46. The average molecular weight is 480 g/mol. The molecule has 32 heavy (non-hydrogen) atoms. The standard InChI is InChI=1S/C20H22FN5O4S2/c21-18-11-23-20(31-18)25-19(27)15(7-12-3-5-30-6-4-12)26-16-9-22-10-17(14(16)8-24-26)32(28,29)13-1-2-13/h8-13,15H,1-7H2,(H,23,25,27). The Balaban J connectivity index is 1.52. The van der Waals surface area contributed by atoms with Crippen molar-refractivity contribution in [1.29, 1.82) is 0 Å². The van der Waals surface area contributed by atoms with E-state index in [1.807, 2.05) is 0 Å². The Bertz CT molecular complexity index is 1250. The molecule has 0 spiro atoms. The van der Waals surface area contributed by atoms with E-state index in [1.165, 1.54) is 23.3 Å². The summed E-state index contributed by atoms with van der Waals surface area (Å²) in [6.45, 7) is 1.25. The first-order chi connectivity index (χ1) is 15.4. The Labute approximate surface area is 187 Å². The molecule has 1 aliphatic carbocycles. The van der Waals surface area contributed by atoms with Crippen LogP contribution in [0.4, 0.5) is 9.52 Å². The molecule has 1 aliphatic heterocycles. The van der Waals surface area contributed by atoms with Crippen LogP contribution in [0.15, 0.2) is 29.7 Å². The fourth-order valence-electron chi connectivity index (χ4n) is 4.09. The predicted octanol–water partition coefficient (Wildman–Crippen LogP) is 2.96. The van der Waals surface area contributed by atoms with Crippen molar-refractivity contribution in [3.8, 4) is 0 Å². The zero-order valence-corrected chi connectivity index (χ0v) is 18.7. The second-order valence-electron chi connectivity index (χ2n) is 8.17. The monoisotopic (exact) mass is 479 g/mol. The quantitative estimate of drug-likeness (QED) is 0.554. The minimum absolute atomic E-state index is 0.149. The molecule has 12 heteroatoms. The minimum atomic E-state index is -3.48. The third-order valence-corrected chi connectivity index (χ3v) is 8.95. The molecular formula is C20H22FN5O4S2. The van der Waals surface area contributed by atoms with E-state index in [-0.39, 0.29) is 27.1 Å². The van der Waals surface area contributed by atoms with Crippen LogP contribution in [0.1, 0.15) is 38.1 Å². The van der Waals surface area contributed by atoms with Gasteiger partial charge in [-0.25, -0.2) is 13.4 Å². The number of nitrogens with zero attached hydrogens (tertiary/aromatic N) is 4. The number of hydrogen-bond donors (Lipinski definition) is 1. The summed E-state index contributed by atoms with van der Waals surface area (Å²) >= 11 is 0.745. The fourth-order valence-corrected chi connectivity index (χ4v) is 6.42. The number of hydrogen-bond acceptors (Lipinski definition) is 8. The van der Waals surface area contributed by atoms with Gasteiger partial charge >= 0.3 is 0 Å². The van der Waals surface area contributed by atoms with E-state index >= 15 is 0 Å².